The summed E-state index contributed by atoms with van der Waals surface area (Å²) in [6, 6.07) is 7.70. The molecule has 5 heteroatoms. The number of nitrogens with one attached hydrogen (secondary N) is 1. The van der Waals surface area contributed by atoms with Gasteiger partial charge in [0.25, 0.3) is 5.91 Å². The average molecular weight is 317 g/mol. The van der Waals surface area contributed by atoms with Crippen LogP contribution in [0.3, 0.4) is 0 Å². The van der Waals surface area contributed by atoms with Crippen molar-refractivity contribution >= 4 is 17.5 Å². The van der Waals surface area contributed by atoms with E-state index in [1.54, 1.807) is 0 Å². The monoisotopic (exact) mass is 317 g/mol. The van der Waals surface area contributed by atoms with Crippen LogP contribution in [0.15, 0.2) is 24.3 Å². The number of carbonyl (C=O) groups is 2. The van der Waals surface area contributed by atoms with Crippen LogP contribution >= 0.6 is 0 Å². The summed E-state index contributed by atoms with van der Waals surface area (Å²) in [6.07, 6.45) is 1.85. The van der Waals surface area contributed by atoms with Crippen LogP contribution < -0.4 is 10.2 Å². The van der Waals surface area contributed by atoms with Gasteiger partial charge in [-0.3, -0.25) is 9.59 Å². The molecule has 1 atom stereocenters. The zero-order valence-electron chi connectivity index (χ0n) is 14.5. The van der Waals surface area contributed by atoms with Gasteiger partial charge in [0.1, 0.15) is 0 Å². The molecule has 1 saturated heterocycles. The van der Waals surface area contributed by atoms with Gasteiger partial charge in [-0.05, 0) is 37.1 Å². The highest BCUT2D eigenvalue weighted by atomic mass is 16.2. The number of benzene rings is 1. The van der Waals surface area contributed by atoms with E-state index >= 15 is 0 Å². The van der Waals surface area contributed by atoms with Gasteiger partial charge in [0.2, 0.25) is 5.91 Å². The lowest BCUT2D eigenvalue weighted by molar-refractivity contribution is -0.125. The fourth-order valence-electron chi connectivity index (χ4n) is 2.73. The first kappa shape index (κ1) is 17.3. The Kier molecular flexibility index (Phi) is 5.64. The van der Waals surface area contributed by atoms with E-state index in [9.17, 15) is 9.59 Å². The lowest BCUT2D eigenvalue weighted by Crippen LogP contribution is -2.50. The van der Waals surface area contributed by atoms with Crippen molar-refractivity contribution in [3.63, 3.8) is 0 Å². The summed E-state index contributed by atoms with van der Waals surface area (Å²) in [5.41, 5.74) is 1.77. The van der Waals surface area contributed by atoms with Crippen molar-refractivity contribution in [3.05, 3.63) is 29.8 Å². The zero-order valence-corrected chi connectivity index (χ0v) is 14.5. The molecule has 2 rings (SSSR count). The Bertz CT molecular complexity index is 552. The van der Waals surface area contributed by atoms with Gasteiger partial charge < -0.3 is 15.1 Å². The minimum atomic E-state index is -0.0281. The van der Waals surface area contributed by atoms with Crippen LogP contribution in [0.1, 0.15) is 37.0 Å². The van der Waals surface area contributed by atoms with Crippen molar-refractivity contribution < 1.29 is 9.59 Å². The maximum Gasteiger partial charge on any atom is 0.253 e. The van der Waals surface area contributed by atoms with E-state index < -0.39 is 0 Å². The summed E-state index contributed by atoms with van der Waals surface area (Å²) < 4.78 is 0. The molecule has 126 valence electrons. The van der Waals surface area contributed by atoms with E-state index in [0.29, 0.717) is 12.1 Å². The highest BCUT2D eigenvalue weighted by Gasteiger charge is 2.26. The van der Waals surface area contributed by atoms with Crippen LogP contribution in [0.2, 0.25) is 0 Å². The maximum atomic E-state index is 12.6. The smallest absolute Gasteiger partial charge is 0.253 e. The Balaban J connectivity index is 2.00. The molecular formula is C18H27N3O2. The Morgan fingerprint density at radius 2 is 1.87 bits per heavy atom. The van der Waals surface area contributed by atoms with Crippen molar-refractivity contribution in [2.24, 2.45) is 5.92 Å². The van der Waals surface area contributed by atoms with Crippen molar-refractivity contribution in [1.29, 1.82) is 0 Å². The minimum absolute atomic E-state index is 0.0281. The molecule has 1 N–H and O–H groups in total. The topological polar surface area (TPSA) is 52.7 Å². The van der Waals surface area contributed by atoms with Gasteiger partial charge in [0.05, 0.1) is 0 Å². The molecule has 1 fully saturated rings. The van der Waals surface area contributed by atoms with Crippen LogP contribution in [0, 0.1) is 5.92 Å². The van der Waals surface area contributed by atoms with Gasteiger partial charge in [-0.25, -0.2) is 0 Å². The van der Waals surface area contributed by atoms with Gasteiger partial charge in [0.15, 0.2) is 0 Å². The van der Waals surface area contributed by atoms with Crippen molar-refractivity contribution in [3.8, 4) is 0 Å². The number of piperidine rings is 1. The second-order valence-electron chi connectivity index (χ2n) is 6.69. The molecule has 0 saturated carbocycles. The van der Waals surface area contributed by atoms with Crippen LogP contribution in [-0.2, 0) is 4.79 Å². The molecule has 23 heavy (non-hydrogen) atoms. The second-order valence-corrected chi connectivity index (χ2v) is 6.69. The molecule has 0 aromatic heterocycles. The van der Waals surface area contributed by atoms with E-state index in [0.717, 1.165) is 25.1 Å². The molecular weight excluding hydrogens is 290 g/mol. The molecule has 0 radical (unpaired) electrons. The fraction of sp³-hybridized carbons (Fsp3) is 0.556. The quantitative estimate of drug-likeness (QED) is 0.925. The molecule has 0 unspecified atom stereocenters. The number of hydrogen-bond donors (Lipinski definition) is 1. The zero-order chi connectivity index (χ0) is 17.0. The van der Waals surface area contributed by atoms with Crippen LogP contribution in [0.5, 0.6) is 0 Å². The average Bonchev–Trinajstić information content (AvgIpc) is 2.54. The molecule has 0 bridgehead atoms. The van der Waals surface area contributed by atoms with Crippen molar-refractivity contribution in [1.82, 2.24) is 10.2 Å². The predicted octanol–water partition coefficient (Wildman–Crippen LogP) is 2.13. The maximum absolute atomic E-state index is 12.6. The molecule has 1 aromatic carbocycles. The summed E-state index contributed by atoms with van der Waals surface area (Å²) in [7, 11) is 3.95. The van der Waals surface area contributed by atoms with Gasteiger partial charge in [-0.1, -0.05) is 13.8 Å². The highest BCUT2D eigenvalue weighted by Crippen LogP contribution is 2.17. The van der Waals surface area contributed by atoms with Crippen LogP contribution in [0.25, 0.3) is 0 Å². The van der Waals surface area contributed by atoms with E-state index in [1.807, 2.05) is 62.0 Å². The second kappa shape index (κ2) is 7.49. The summed E-state index contributed by atoms with van der Waals surface area (Å²) in [4.78, 5) is 28.3. The third-order valence-corrected chi connectivity index (χ3v) is 4.21. The number of carbonyl (C=O) groups excluding carboxylic acids is 2. The first-order valence-electron chi connectivity index (χ1n) is 8.25. The van der Waals surface area contributed by atoms with Gasteiger partial charge in [-0.2, -0.15) is 0 Å². The first-order valence-corrected chi connectivity index (χ1v) is 8.25. The summed E-state index contributed by atoms with van der Waals surface area (Å²) >= 11 is 0. The van der Waals surface area contributed by atoms with Crippen LogP contribution in [-0.4, -0.2) is 49.9 Å². The molecule has 5 nitrogen and oxygen atoms in total. The highest BCUT2D eigenvalue weighted by molar-refractivity contribution is 5.94. The summed E-state index contributed by atoms with van der Waals surface area (Å²) in [6.45, 7) is 5.11. The standard InChI is InChI=1S/C18H27N3O2/c1-13(2)17(22)19-15-6-5-11-21(12-15)18(23)14-7-9-16(10-8-14)20(3)4/h7-10,13,15H,5-6,11-12H2,1-4H3,(H,19,22)/t15-/m1/s1. The van der Waals surface area contributed by atoms with Gasteiger partial charge in [0, 0.05) is 50.4 Å². The molecule has 1 aliphatic rings. The third kappa shape index (κ3) is 4.47. The number of hydrogen-bond acceptors (Lipinski definition) is 3. The lowest BCUT2D eigenvalue weighted by Gasteiger charge is -2.33. The number of anilines is 1. The normalized spacial score (nSPS) is 18.0. The Hall–Kier alpha value is -2.04. The van der Waals surface area contributed by atoms with Gasteiger partial charge >= 0.3 is 0 Å². The molecule has 1 heterocycles. The molecule has 1 aromatic rings. The summed E-state index contributed by atoms with van der Waals surface area (Å²) in [5.74, 6) is 0.0677. The third-order valence-electron chi connectivity index (χ3n) is 4.21. The van der Waals surface area contributed by atoms with Gasteiger partial charge in [-0.15, -0.1) is 0 Å². The predicted molar refractivity (Wildman–Crippen MR) is 92.7 cm³/mol. The number of rotatable bonds is 4. The van der Waals surface area contributed by atoms with E-state index in [1.165, 1.54) is 0 Å². The van der Waals surface area contributed by atoms with Crippen LogP contribution in [0.4, 0.5) is 5.69 Å². The SMILES string of the molecule is CC(C)C(=O)N[C@@H]1CCCN(C(=O)c2ccc(N(C)C)cc2)C1. The lowest BCUT2D eigenvalue weighted by atomic mass is 10.0. The van der Waals surface area contributed by atoms with Crippen molar-refractivity contribution in [2.75, 3.05) is 32.1 Å². The number of amides is 2. The molecule has 0 spiro atoms. The number of nitrogens with zero attached hydrogens (tertiary/aromatic N) is 2. The molecule has 0 aliphatic carbocycles. The Morgan fingerprint density at radius 3 is 2.43 bits per heavy atom. The molecule has 1 aliphatic heterocycles. The molecule has 2 amide bonds. The van der Waals surface area contributed by atoms with E-state index in [-0.39, 0.29) is 23.8 Å². The Morgan fingerprint density at radius 1 is 1.22 bits per heavy atom. The van der Waals surface area contributed by atoms with E-state index in [4.69, 9.17) is 0 Å². The van der Waals surface area contributed by atoms with Crippen molar-refractivity contribution in [2.45, 2.75) is 32.7 Å². The number of likely N-dealkylation sites (tertiary alicyclic amines) is 1. The largest absolute Gasteiger partial charge is 0.378 e. The minimum Gasteiger partial charge on any atom is -0.378 e. The van der Waals surface area contributed by atoms with E-state index in [2.05, 4.69) is 5.32 Å². The first-order chi connectivity index (χ1) is 10.9. The summed E-state index contributed by atoms with van der Waals surface area (Å²) in [5, 5.41) is 3.04. The Labute approximate surface area is 138 Å². The fourth-order valence-corrected chi connectivity index (χ4v) is 2.73.